The van der Waals surface area contributed by atoms with Crippen molar-refractivity contribution >= 4 is 0 Å². The van der Waals surface area contributed by atoms with E-state index in [2.05, 4.69) is 66.1 Å². The van der Waals surface area contributed by atoms with E-state index >= 15 is 0 Å². The normalized spacial score (nSPS) is 15.8. The first kappa shape index (κ1) is 32.0. The van der Waals surface area contributed by atoms with Crippen molar-refractivity contribution in [3.05, 3.63) is 88.7 Å². The van der Waals surface area contributed by atoms with Gasteiger partial charge in [-0.25, -0.2) is 0 Å². The Kier molecular flexibility index (Phi) is 10.2. The van der Waals surface area contributed by atoms with Gasteiger partial charge in [-0.2, -0.15) is 0 Å². The highest BCUT2D eigenvalue weighted by Crippen LogP contribution is 2.42. The van der Waals surface area contributed by atoms with Crippen LogP contribution in [0.5, 0.6) is 17.2 Å². The van der Waals surface area contributed by atoms with Crippen molar-refractivity contribution in [3.8, 4) is 39.8 Å². The molecule has 0 unspecified atom stereocenters. The van der Waals surface area contributed by atoms with Gasteiger partial charge in [-0.15, -0.1) is 0 Å². The smallest absolute Gasteiger partial charge is 0.163 e. The number of aromatic nitrogens is 2. The molecular weight excluding hydrogens is 572 g/mol. The maximum atomic E-state index is 5.77. The standard InChI is InChI=1S/C39H48N4O3/c1-6-8-31-20-32(23-38(45-4)39(31)46-5)35-12-11-29(24-41-35)26-43-17-15-42(16-18-43)25-28-13-14-40-36(19-28)33-21-34(30-9-7-10-30)27(2)37(22-33)44-3/h11-14,19-24,30H,6-10,15-18,25-26H2,1-5H3. The van der Waals surface area contributed by atoms with Crippen molar-refractivity contribution in [1.82, 2.24) is 19.8 Å². The lowest BCUT2D eigenvalue weighted by atomic mass is 9.77. The molecule has 1 aliphatic carbocycles. The molecule has 7 nitrogen and oxygen atoms in total. The lowest BCUT2D eigenvalue weighted by Crippen LogP contribution is -2.45. The molecule has 2 aliphatic rings. The molecule has 1 saturated carbocycles. The molecule has 2 fully saturated rings. The van der Waals surface area contributed by atoms with Crippen LogP contribution in [0.15, 0.2) is 60.9 Å². The largest absolute Gasteiger partial charge is 0.496 e. The third-order valence-electron chi connectivity index (χ3n) is 9.76. The monoisotopic (exact) mass is 620 g/mol. The van der Waals surface area contributed by atoms with E-state index in [4.69, 9.17) is 24.2 Å². The summed E-state index contributed by atoms with van der Waals surface area (Å²) in [7, 11) is 5.16. The summed E-state index contributed by atoms with van der Waals surface area (Å²) in [5.74, 6) is 3.19. The summed E-state index contributed by atoms with van der Waals surface area (Å²) in [6.07, 6.45) is 9.81. The summed E-state index contributed by atoms with van der Waals surface area (Å²) in [4.78, 5) is 14.7. The van der Waals surface area contributed by atoms with Crippen LogP contribution in [0.25, 0.3) is 22.5 Å². The number of methoxy groups -OCH3 is 3. The average Bonchev–Trinajstić information content (AvgIpc) is 3.06. The predicted molar refractivity (Wildman–Crippen MR) is 185 cm³/mol. The summed E-state index contributed by atoms with van der Waals surface area (Å²) >= 11 is 0. The first-order valence-corrected chi connectivity index (χ1v) is 16.8. The molecule has 3 heterocycles. The first-order chi connectivity index (χ1) is 22.5. The van der Waals surface area contributed by atoms with Gasteiger partial charge in [0.2, 0.25) is 0 Å². The fraction of sp³-hybridized carbons (Fsp3) is 0.436. The Morgan fingerprint density at radius 1 is 0.739 bits per heavy atom. The summed E-state index contributed by atoms with van der Waals surface area (Å²) in [5, 5.41) is 0. The van der Waals surface area contributed by atoms with Crippen molar-refractivity contribution in [3.63, 3.8) is 0 Å². The van der Waals surface area contributed by atoms with Gasteiger partial charge >= 0.3 is 0 Å². The summed E-state index contributed by atoms with van der Waals surface area (Å²) < 4.78 is 17.1. The molecule has 46 heavy (non-hydrogen) atoms. The number of hydrogen-bond donors (Lipinski definition) is 0. The van der Waals surface area contributed by atoms with Crippen LogP contribution in [-0.2, 0) is 19.5 Å². The third kappa shape index (κ3) is 7.06. The minimum absolute atomic E-state index is 0.651. The fourth-order valence-electron chi connectivity index (χ4n) is 6.90. The van der Waals surface area contributed by atoms with E-state index in [1.165, 1.54) is 41.5 Å². The minimum atomic E-state index is 0.651. The lowest BCUT2D eigenvalue weighted by Gasteiger charge is -2.34. The Morgan fingerprint density at radius 3 is 2.04 bits per heavy atom. The number of hydrogen-bond acceptors (Lipinski definition) is 7. The molecule has 0 atom stereocenters. The van der Waals surface area contributed by atoms with E-state index in [-0.39, 0.29) is 0 Å². The zero-order valence-electron chi connectivity index (χ0n) is 28.1. The van der Waals surface area contributed by atoms with Crippen LogP contribution in [-0.4, -0.2) is 67.3 Å². The highest BCUT2D eigenvalue weighted by Gasteiger charge is 2.24. The second-order valence-corrected chi connectivity index (χ2v) is 12.8. The van der Waals surface area contributed by atoms with E-state index < -0.39 is 0 Å². The van der Waals surface area contributed by atoms with E-state index in [1.54, 1.807) is 21.3 Å². The predicted octanol–water partition coefficient (Wildman–Crippen LogP) is 7.68. The zero-order valence-corrected chi connectivity index (χ0v) is 28.1. The van der Waals surface area contributed by atoms with E-state index in [1.807, 2.05) is 18.5 Å². The van der Waals surface area contributed by atoms with Gasteiger partial charge in [0.1, 0.15) is 5.75 Å². The summed E-state index contributed by atoms with van der Waals surface area (Å²) in [5.41, 5.74) is 10.6. The number of aryl methyl sites for hydroxylation is 1. The molecule has 0 radical (unpaired) electrons. The molecule has 242 valence electrons. The van der Waals surface area contributed by atoms with Gasteiger partial charge in [0.05, 0.1) is 32.7 Å². The number of rotatable bonds is 12. The lowest BCUT2D eigenvalue weighted by molar-refractivity contribution is 0.122. The second-order valence-electron chi connectivity index (χ2n) is 12.8. The molecule has 0 N–H and O–H groups in total. The highest BCUT2D eigenvalue weighted by atomic mass is 16.5. The molecule has 1 aliphatic heterocycles. The minimum Gasteiger partial charge on any atom is -0.496 e. The van der Waals surface area contributed by atoms with E-state index in [0.717, 1.165) is 97.4 Å². The fourth-order valence-corrected chi connectivity index (χ4v) is 6.90. The maximum Gasteiger partial charge on any atom is 0.163 e. The Hall–Kier alpha value is -3.94. The van der Waals surface area contributed by atoms with E-state index in [0.29, 0.717) is 5.92 Å². The van der Waals surface area contributed by atoms with Crippen LogP contribution >= 0.6 is 0 Å². The SMILES string of the molecule is CCCc1cc(-c2ccc(CN3CCN(Cc4ccnc(-c5cc(OC)c(C)c(C6CCC6)c5)c4)CC3)cn2)cc(OC)c1OC. The van der Waals surface area contributed by atoms with Crippen molar-refractivity contribution in [2.24, 2.45) is 0 Å². The Balaban J connectivity index is 1.06. The summed E-state index contributed by atoms with van der Waals surface area (Å²) in [6.45, 7) is 10.4. The van der Waals surface area contributed by atoms with Crippen molar-refractivity contribution in [1.29, 1.82) is 0 Å². The second kappa shape index (κ2) is 14.7. The number of piperazine rings is 1. The van der Waals surface area contributed by atoms with Gasteiger partial charge in [0.15, 0.2) is 11.5 Å². The van der Waals surface area contributed by atoms with Crippen LogP contribution in [0, 0.1) is 6.92 Å². The van der Waals surface area contributed by atoms with Gasteiger partial charge in [-0.1, -0.05) is 25.8 Å². The molecular formula is C39H48N4O3. The van der Waals surface area contributed by atoms with Gasteiger partial charge < -0.3 is 14.2 Å². The molecule has 4 aromatic rings. The van der Waals surface area contributed by atoms with Crippen molar-refractivity contribution < 1.29 is 14.2 Å². The van der Waals surface area contributed by atoms with Gasteiger partial charge in [-0.3, -0.25) is 19.8 Å². The third-order valence-corrected chi connectivity index (χ3v) is 9.76. The Bertz CT molecular complexity index is 1630. The topological polar surface area (TPSA) is 60.0 Å². The van der Waals surface area contributed by atoms with Crippen LogP contribution in [0.3, 0.4) is 0 Å². The average molecular weight is 621 g/mol. The zero-order chi connectivity index (χ0) is 32.0. The van der Waals surface area contributed by atoms with Crippen molar-refractivity contribution in [2.75, 3.05) is 47.5 Å². The molecule has 0 bridgehead atoms. The van der Waals surface area contributed by atoms with Crippen LogP contribution in [0.2, 0.25) is 0 Å². The molecule has 7 heteroatoms. The van der Waals surface area contributed by atoms with Crippen LogP contribution < -0.4 is 14.2 Å². The molecule has 2 aromatic carbocycles. The van der Waals surface area contributed by atoms with Gasteiger partial charge in [0.25, 0.3) is 0 Å². The van der Waals surface area contributed by atoms with E-state index in [9.17, 15) is 0 Å². The molecule has 6 rings (SSSR count). The summed E-state index contributed by atoms with van der Waals surface area (Å²) in [6, 6.07) is 17.5. The van der Waals surface area contributed by atoms with Crippen LogP contribution in [0.1, 0.15) is 66.3 Å². The Labute approximate surface area is 274 Å². The quantitative estimate of drug-likeness (QED) is 0.161. The number of benzene rings is 2. The molecule has 0 spiro atoms. The highest BCUT2D eigenvalue weighted by molar-refractivity contribution is 5.67. The molecule has 0 amide bonds. The van der Waals surface area contributed by atoms with Crippen LogP contribution in [0.4, 0.5) is 0 Å². The first-order valence-electron chi connectivity index (χ1n) is 16.8. The number of pyridine rings is 2. The molecule has 1 saturated heterocycles. The van der Waals surface area contributed by atoms with Gasteiger partial charge in [0, 0.05) is 62.8 Å². The van der Waals surface area contributed by atoms with Crippen molar-refractivity contribution in [2.45, 2.75) is 65.0 Å². The van der Waals surface area contributed by atoms with Gasteiger partial charge in [-0.05, 0) is 102 Å². The number of ether oxygens (including phenoxy) is 3. The molecule has 2 aromatic heterocycles. The maximum absolute atomic E-state index is 5.77. The Morgan fingerprint density at radius 2 is 1.43 bits per heavy atom. The number of nitrogens with zero attached hydrogens (tertiary/aromatic N) is 4.